The lowest BCUT2D eigenvalue weighted by molar-refractivity contribution is 0.0687. The molecule has 0 aromatic heterocycles. The van der Waals surface area contributed by atoms with Gasteiger partial charge in [-0.2, -0.15) is 0 Å². The van der Waals surface area contributed by atoms with Crippen LogP contribution in [0.5, 0.6) is 0 Å². The Kier molecular flexibility index (Phi) is 8.73. The lowest BCUT2D eigenvalue weighted by Gasteiger charge is -2.32. The van der Waals surface area contributed by atoms with Crippen LogP contribution in [0.15, 0.2) is 17.0 Å². The molecule has 1 fully saturated rings. The molecule has 1 N–H and O–H groups in total. The molecule has 0 saturated carbocycles. The van der Waals surface area contributed by atoms with Gasteiger partial charge in [-0.15, -0.1) is 12.4 Å². The highest BCUT2D eigenvalue weighted by molar-refractivity contribution is 7.89. The molecule has 0 radical (unpaired) electrons. The first-order valence-corrected chi connectivity index (χ1v) is 10.6. The molecule has 2 rings (SSSR count). The van der Waals surface area contributed by atoms with E-state index in [0.29, 0.717) is 17.0 Å². The van der Waals surface area contributed by atoms with Crippen molar-refractivity contribution in [2.24, 2.45) is 5.92 Å². The van der Waals surface area contributed by atoms with Crippen molar-refractivity contribution in [2.45, 2.75) is 38.0 Å². The summed E-state index contributed by atoms with van der Waals surface area (Å²) in [5.74, 6) is 0.575. The number of nitrogens with one attached hydrogen (secondary N) is 1. The fourth-order valence-electron chi connectivity index (χ4n) is 3.37. The molecule has 1 aromatic rings. The summed E-state index contributed by atoms with van der Waals surface area (Å²) in [6.45, 7) is 6.10. The molecular weight excluding hydrogens is 386 g/mol. The Morgan fingerprint density at radius 2 is 1.81 bits per heavy atom. The molecule has 0 bridgehead atoms. The Hall–Kier alpha value is -1.15. The zero-order chi connectivity index (χ0) is 19.5. The predicted molar refractivity (Wildman–Crippen MR) is 111 cm³/mol. The van der Waals surface area contributed by atoms with Gasteiger partial charge in [-0.1, -0.05) is 0 Å². The highest BCUT2D eigenvalue weighted by atomic mass is 35.5. The number of aryl methyl sites for hydroxylation is 1. The number of hydrogen-bond donors (Lipinski definition) is 1. The van der Waals surface area contributed by atoms with Crippen molar-refractivity contribution in [3.8, 4) is 0 Å². The molecule has 1 saturated heterocycles. The van der Waals surface area contributed by atoms with Crippen LogP contribution in [-0.2, 0) is 10.0 Å². The summed E-state index contributed by atoms with van der Waals surface area (Å²) < 4.78 is 26.4. The van der Waals surface area contributed by atoms with Crippen molar-refractivity contribution < 1.29 is 13.2 Å². The number of carbonyl (C=O) groups excluding carboxylic acids is 1. The van der Waals surface area contributed by atoms with E-state index in [1.54, 1.807) is 13.0 Å². The van der Waals surface area contributed by atoms with E-state index in [4.69, 9.17) is 0 Å². The largest absolute Gasteiger partial charge is 0.339 e. The summed E-state index contributed by atoms with van der Waals surface area (Å²) in [5.41, 5.74) is 1.98. The molecule has 1 aromatic carbocycles. The lowest BCUT2D eigenvalue weighted by atomic mass is 9.93. The Morgan fingerprint density at radius 1 is 1.22 bits per heavy atom. The third-order valence-corrected chi connectivity index (χ3v) is 7.27. The minimum atomic E-state index is -3.58. The van der Waals surface area contributed by atoms with E-state index >= 15 is 0 Å². The minimum absolute atomic E-state index is 0. The maximum absolute atomic E-state index is 12.9. The van der Waals surface area contributed by atoms with E-state index in [-0.39, 0.29) is 23.2 Å². The van der Waals surface area contributed by atoms with Crippen molar-refractivity contribution in [2.75, 3.05) is 40.8 Å². The number of carbonyl (C=O) groups is 1. The van der Waals surface area contributed by atoms with Crippen molar-refractivity contribution in [1.82, 2.24) is 14.5 Å². The van der Waals surface area contributed by atoms with E-state index in [1.165, 1.54) is 24.5 Å². The number of amides is 1. The van der Waals surface area contributed by atoms with Crippen LogP contribution in [0.25, 0.3) is 0 Å². The number of benzene rings is 1. The standard InChI is InChI=1S/C19H31N3O3S.ClH/c1-14-12-17(13-18(15(14)2)26(24,25)21(4)5)19(23)22-10-7-16(8-11-22)6-9-20-3;/h12-13,16,20H,6-11H2,1-5H3;1H. The van der Waals surface area contributed by atoms with Crippen LogP contribution >= 0.6 is 12.4 Å². The number of rotatable bonds is 6. The molecule has 0 unspecified atom stereocenters. The predicted octanol–water partition coefficient (Wildman–Crippen LogP) is 2.44. The van der Waals surface area contributed by atoms with Gasteiger partial charge in [0, 0.05) is 32.7 Å². The summed E-state index contributed by atoms with van der Waals surface area (Å²) in [4.78, 5) is 15.0. The van der Waals surface area contributed by atoms with Crippen LogP contribution < -0.4 is 5.32 Å². The molecule has 0 spiro atoms. The Morgan fingerprint density at radius 3 is 2.33 bits per heavy atom. The summed E-state index contributed by atoms with van der Waals surface area (Å²) in [7, 11) is 1.39. The number of likely N-dealkylation sites (tertiary alicyclic amines) is 1. The normalized spacial score (nSPS) is 15.7. The second-order valence-electron chi connectivity index (χ2n) is 7.33. The van der Waals surface area contributed by atoms with Gasteiger partial charge in [-0.05, 0) is 75.9 Å². The molecule has 1 aliphatic rings. The van der Waals surface area contributed by atoms with Gasteiger partial charge in [0.15, 0.2) is 0 Å². The highest BCUT2D eigenvalue weighted by Gasteiger charge is 2.27. The number of halogens is 1. The Bertz CT molecular complexity index is 758. The van der Waals surface area contributed by atoms with Crippen molar-refractivity contribution in [3.63, 3.8) is 0 Å². The summed E-state index contributed by atoms with van der Waals surface area (Å²) in [6, 6.07) is 3.34. The van der Waals surface area contributed by atoms with E-state index < -0.39 is 10.0 Å². The van der Waals surface area contributed by atoms with Gasteiger partial charge >= 0.3 is 0 Å². The molecule has 0 aliphatic carbocycles. The van der Waals surface area contributed by atoms with Gasteiger partial charge in [0.1, 0.15) is 0 Å². The smallest absolute Gasteiger partial charge is 0.253 e. The number of hydrogen-bond acceptors (Lipinski definition) is 4. The van der Waals surface area contributed by atoms with E-state index in [9.17, 15) is 13.2 Å². The molecular formula is C19H32ClN3O3S. The summed E-state index contributed by atoms with van der Waals surface area (Å²) >= 11 is 0. The molecule has 6 nitrogen and oxygen atoms in total. The number of nitrogens with zero attached hydrogens (tertiary/aromatic N) is 2. The minimum Gasteiger partial charge on any atom is -0.339 e. The average molecular weight is 418 g/mol. The fraction of sp³-hybridized carbons (Fsp3) is 0.632. The molecule has 27 heavy (non-hydrogen) atoms. The van der Waals surface area contributed by atoms with Crippen molar-refractivity contribution in [3.05, 3.63) is 28.8 Å². The maximum atomic E-state index is 12.9. The molecule has 8 heteroatoms. The first kappa shape index (κ1) is 23.9. The number of sulfonamides is 1. The quantitative estimate of drug-likeness (QED) is 0.771. The molecule has 1 aliphatic heterocycles. The number of piperidine rings is 1. The maximum Gasteiger partial charge on any atom is 0.253 e. The fourth-order valence-corrected chi connectivity index (χ4v) is 4.59. The van der Waals surface area contributed by atoms with Crippen LogP contribution in [0.4, 0.5) is 0 Å². The van der Waals surface area contributed by atoms with Crippen LogP contribution in [-0.4, -0.2) is 64.3 Å². The van der Waals surface area contributed by atoms with E-state index in [2.05, 4.69) is 5.32 Å². The third-order valence-electron chi connectivity index (χ3n) is 5.33. The van der Waals surface area contributed by atoms with Crippen molar-refractivity contribution >= 4 is 28.3 Å². The Balaban J connectivity index is 0.00000364. The van der Waals surface area contributed by atoms with Gasteiger partial charge in [0.2, 0.25) is 10.0 Å². The van der Waals surface area contributed by atoms with Crippen LogP contribution in [0, 0.1) is 19.8 Å². The first-order valence-electron chi connectivity index (χ1n) is 9.16. The summed E-state index contributed by atoms with van der Waals surface area (Å²) in [6.07, 6.45) is 3.13. The van der Waals surface area contributed by atoms with Crippen LogP contribution in [0.1, 0.15) is 40.7 Å². The molecule has 154 valence electrons. The van der Waals surface area contributed by atoms with Gasteiger partial charge < -0.3 is 10.2 Å². The Labute approximate surface area is 169 Å². The summed E-state index contributed by atoms with van der Waals surface area (Å²) in [5, 5.41) is 3.17. The van der Waals surface area contributed by atoms with Gasteiger partial charge in [-0.3, -0.25) is 4.79 Å². The lowest BCUT2D eigenvalue weighted by Crippen LogP contribution is -2.39. The van der Waals surface area contributed by atoms with E-state index in [0.717, 1.165) is 44.5 Å². The first-order chi connectivity index (χ1) is 12.2. The highest BCUT2D eigenvalue weighted by Crippen LogP contribution is 2.26. The SMILES string of the molecule is CNCCC1CCN(C(=O)c2cc(C)c(C)c(S(=O)(=O)N(C)C)c2)CC1.Cl. The monoisotopic (exact) mass is 417 g/mol. The van der Waals surface area contributed by atoms with Gasteiger partial charge in [0.05, 0.1) is 4.90 Å². The topological polar surface area (TPSA) is 69.7 Å². The van der Waals surface area contributed by atoms with Crippen LogP contribution in [0.3, 0.4) is 0 Å². The average Bonchev–Trinajstić information content (AvgIpc) is 2.61. The van der Waals surface area contributed by atoms with Gasteiger partial charge in [-0.25, -0.2) is 12.7 Å². The third kappa shape index (κ3) is 5.44. The molecule has 1 heterocycles. The second-order valence-corrected chi connectivity index (χ2v) is 9.45. The van der Waals surface area contributed by atoms with Gasteiger partial charge in [0.25, 0.3) is 5.91 Å². The van der Waals surface area contributed by atoms with E-state index in [1.807, 2.05) is 18.9 Å². The second kappa shape index (κ2) is 9.87. The van der Waals surface area contributed by atoms with Crippen LogP contribution in [0.2, 0.25) is 0 Å². The molecule has 1 amide bonds. The molecule has 0 atom stereocenters. The zero-order valence-corrected chi connectivity index (χ0v) is 18.5. The zero-order valence-electron chi connectivity index (χ0n) is 16.9. The van der Waals surface area contributed by atoms with Crippen molar-refractivity contribution in [1.29, 1.82) is 0 Å².